The summed E-state index contributed by atoms with van der Waals surface area (Å²) >= 11 is 1.25. The Morgan fingerprint density at radius 1 is 1.26 bits per heavy atom. The van der Waals surface area contributed by atoms with Crippen molar-refractivity contribution < 1.29 is 9.90 Å². The number of nitrogens with two attached hydrogens (primary N) is 2. The Morgan fingerprint density at radius 3 is 2.59 bits per heavy atom. The van der Waals surface area contributed by atoms with Gasteiger partial charge in [0.15, 0.2) is 4.87 Å². The smallest absolute Gasteiger partial charge is 0.269 e. The maximum atomic E-state index is 12.4. The molecule has 0 radical (unpaired) electrons. The third kappa shape index (κ3) is 3.41. The van der Waals surface area contributed by atoms with Gasteiger partial charge in [-0.1, -0.05) is 30.0 Å². The minimum Gasteiger partial charge on any atom is -0.507 e. The van der Waals surface area contributed by atoms with E-state index in [1.165, 1.54) is 11.8 Å². The highest BCUT2D eigenvalue weighted by atomic mass is 32.2. The normalized spacial score (nSPS) is 19.8. The van der Waals surface area contributed by atoms with Gasteiger partial charge in [-0.25, -0.2) is 5.84 Å². The molecule has 27 heavy (non-hydrogen) atoms. The molecular formula is C20H24N4O2S. The average Bonchev–Trinajstić information content (AvgIpc) is 2.97. The fraction of sp³-hybridized carbons (Fsp3) is 0.250. The summed E-state index contributed by atoms with van der Waals surface area (Å²) in [5.41, 5.74) is 11.6. The molecule has 0 saturated heterocycles. The van der Waals surface area contributed by atoms with E-state index in [2.05, 4.69) is 24.2 Å². The molecule has 2 aromatic rings. The number of carbonyl (C=O) groups excluding carboxylic acids is 1. The minimum atomic E-state index is -1.36. The molecule has 0 spiro atoms. The number of nitrogens with zero attached hydrogens (tertiary/aromatic N) is 1. The first-order valence-electron chi connectivity index (χ1n) is 8.83. The monoisotopic (exact) mass is 384 g/mol. The Labute approximate surface area is 163 Å². The lowest BCUT2D eigenvalue weighted by atomic mass is 9.95. The van der Waals surface area contributed by atoms with E-state index in [-0.39, 0.29) is 5.75 Å². The van der Waals surface area contributed by atoms with Crippen LogP contribution in [0, 0.1) is 0 Å². The van der Waals surface area contributed by atoms with Crippen LogP contribution < -0.4 is 21.9 Å². The zero-order valence-electron chi connectivity index (χ0n) is 15.4. The quantitative estimate of drug-likeness (QED) is 0.359. The number of hydrazine groups is 1. The highest BCUT2D eigenvalue weighted by Crippen LogP contribution is 2.50. The van der Waals surface area contributed by atoms with E-state index in [1.807, 2.05) is 36.4 Å². The van der Waals surface area contributed by atoms with Gasteiger partial charge in [0.25, 0.3) is 5.91 Å². The number of rotatable bonds is 5. The number of amides is 1. The first kappa shape index (κ1) is 19.3. The molecule has 2 aromatic carbocycles. The summed E-state index contributed by atoms with van der Waals surface area (Å²) in [6, 6.07) is 13.1. The second kappa shape index (κ2) is 7.64. The highest BCUT2D eigenvalue weighted by molar-refractivity contribution is 8.02. The SMILES string of the molecule is CCN(CC)c1ccc(C=C2c3ccccc3SC2(N)C(=O)NN)c(O)c1. The van der Waals surface area contributed by atoms with Crippen molar-refractivity contribution in [2.24, 2.45) is 11.6 Å². The maximum absolute atomic E-state index is 12.4. The second-order valence-electron chi connectivity index (χ2n) is 6.28. The predicted molar refractivity (Wildman–Crippen MR) is 111 cm³/mol. The topological polar surface area (TPSA) is 105 Å². The summed E-state index contributed by atoms with van der Waals surface area (Å²) < 4.78 is 0. The third-order valence-electron chi connectivity index (χ3n) is 4.76. The van der Waals surface area contributed by atoms with Gasteiger partial charge in [-0.3, -0.25) is 10.2 Å². The molecule has 7 heteroatoms. The molecule has 0 saturated carbocycles. The summed E-state index contributed by atoms with van der Waals surface area (Å²) in [6.07, 6.45) is 1.76. The first-order chi connectivity index (χ1) is 12.9. The largest absolute Gasteiger partial charge is 0.507 e. The molecule has 0 aromatic heterocycles. The van der Waals surface area contributed by atoms with Crippen molar-refractivity contribution in [3.05, 3.63) is 53.6 Å². The lowest BCUT2D eigenvalue weighted by Crippen LogP contribution is -2.52. The van der Waals surface area contributed by atoms with E-state index in [9.17, 15) is 9.90 Å². The van der Waals surface area contributed by atoms with Crippen LogP contribution in [-0.2, 0) is 4.79 Å². The standard InChI is InChI=1S/C20H24N4O2S/c1-3-24(4-2)14-10-9-13(17(25)12-14)11-16-15-7-5-6-8-18(15)27-20(16,21)19(26)23-22/h5-12,25H,3-4,21-22H2,1-2H3,(H,23,26). The van der Waals surface area contributed by atoms with Gasteiger partial charge >= 0.3 is 0 Å². The summed E-state index contributed by atoms with van der Waals surface area (Å²) in [7, 11) is 0. The molecule has 0 fully saturated rings. The lowest BCUT2D eigenvalue weighted by Gasteiger charge is -2.23. The van der Waals surface area contributed by atoms with Crippen LogP contribution in [0.5, 0.6) is 5.75 Å². The van der Waals surface area contributed by atoms with E-state index in [0.29, 0.717) is 11.1 Å². The van der Waals surface area contributed by atoms with Crippen LogP contribution in [0.2, 0.25) is 0 Å². The Kier molecular flexibility index (Phi) is 5.46. The van der Waals surface area contributed by atoms with Crippen LogP contribution in [0.25, 0.3) is 11.6 Å². The second-order valence-corrected chi connectivity index (χ2v) is 7.57. The predicted octanol–water partition coefficient (Wildman–Crippen LogP) is 2.53. The number of nitrogens with one attached hydrogen (secondary N) is 1. The first-order valence-corrected chi connectivity index (χ1v) is 9.64. The third-order valence-corrected chi connectivity index (χ3v) is 6.06. The Morgan fingerprint density at radius 2 is 1.96 bits per heavy atom. The number of phenolic OH excluding ortho intramolecular Hbond substituents is 1. The molecule has 1 aliphatic heterocycles. The van der Waals surface area contributed by atoms with Gasteiger partial charge in [-0.05, 0) is 43.7 Å². The van der Waals surface area contributed by atoms with Gasteiger partial charge in [0.2, 0.25) is 0 Å². The van der Waals surface area contributed by atoms with Crippen LogP contribution in [0.4, 0.5) is 5.69 Å². The van der Waals surface area contributed by atoms with E-state index < -0.39 is 10.8 Å². The van der Waals surface area contributed by atoms with Gasteiger partial charge in [0, 0.05) is 40.9 Å². The zero-order valence-corrected chi connectivity index (χ0v) is 16.2. The molecule has 1 atom stereocenters. The van der Waals surface area contributed by atoms with Crippen molar-refractivity contribution in [3.8, 4) is 5.75 Å². The molecule has 1 amide bonds. The van der Waals surface area contributed by atoms with E-state index in [4.69, 9.17) is 11.6 Å². The molecule has 0 bridgehead atoms. The van der Waals surface area contributed by atoms with Crippen LogP contribution in [0.3, 0.4) is 0 Å². The molecule has 1 heterocycles. The maximum Gasteiger partial charge on any atom is 0.269 e. The van der Waals surface area contributed by atoms with Crippen molar-refractivity contribution in [2.75, 3.05) is 18.0 Å². The van der Waals surface area contributed by atoms with Gasteiger partial charge in [0.1, 0.15) is 5.75 Å². The molecule has 0 aliphatic carbocycles. The van der Waals surface area contributed by atoms with Crippen molar-refractivity contribution >= 4 is 35.0 Å². The van der Waals surface area contributed by atoms with Gasteiger partial charge < -0.3 is 15.7 Å². The number of phenols is 1. The van der Waals surface area contributed by atoms with E-state index in [0.717, 1.165) is 29.2 Å². The Balaban J connectivity index is 2.09. The number of hydrogen-bond donors (Lipinski definition) is 4. The molecule has 142 valence electrons. The van der Waals surface area contributed by atoms with Crippen LogP contribution in [0.15, 0.2) is 47.4 Å². The number of aromatic hydroxyl groups is 1. The zero-order chi connectivity index (χ0) is 19.6. The molecule has 6 N–H and O–H groups in total. The summed E-state index contributed by atoms with van der Waals surface area (Å²) in [5, 5.41) is 10.6. The van der Waals surface area contributed by atoms with Crippen LogP contribution in [0.1, 0.15) is 25.0 Å². The Bertz CT molecular complexity index is 895. The van der Waals surface area contributed by atoms with Crippen molar-refractivity contribution in [1.29, 1.82) is 0 Å². The fourth-order valence-corrected chi connectivity index (χ4v) is 4.47. The van der Waals surface area contributed by atoms with E-state index >= 15 is 0 Å². The molecule has 1 unspecified atom stereocenters. The number of anilines is 1. The average molecular weight is 385 g/mol. The summed E-state index contributed by atoms with van der Waals surface area (Å²) in [6.45, 7) is 5.83. The number of benzene rings is 2. The lowest BCUT2D eigenvalue weighted by molar-refractivity contribution is -0.122. The van der Waals surface area contributed by atoms with Crippen LogP contribution in [-0.4, -0.2) is 29.0 Å². The number of fused-ring (bicyclic) bond motifs is 1. The Hall–Kier alpha value is -2.48. The molecule has 3 rings (SSSR count). The van der Waals surface area contributed by atoms with Crippen molar-refractivity contribution in [3.63, 3.8) is 0 Å². The van der Waals surface area contributed by atoms with Crippen molar-refractivity contribution in [2.45, 2.75) is 23.6 Å². The number of thioether (sulfide) groups is 1. The number of carbonyl (C=O) groups is 1. The fourth-order valence-electron chi connectivity index (χ4n) is 3.26. The molecule has 6 nitrogen and oxygen atoms in total. The highest BCUT2D eigenvalue weighted by Gasteiger charge is 2.45. The van der Waals surface area contributed by atoms with E-state index in [1.54, 1.807) is 12.1 Å². The van der Waals surface area contributed by atoms with Gasteiger partial charge in [-0.15, -0.1) is 0 Å². The van der Waals surface area contributed by atoms with Crippen LogP contribution >= 0.6 is 11.8 Å². The van der Waals surface area contributed by atoms with Gasteiger partial charge in [0.05, 0.1) is 0 Å². The number of hydrogen-bond acceptors (Lipinski definition) is 6. The minimum absolute atomic E-state index is 0.136. The summed E-state index contributed by atoms with van der Waals surface area (Å²) in [5.74, 6) is 5.01. The summed E-state index contributed by atoms with van der Waals surface area (Å²) in [4.78, 5) is 14.1. The molecular weight excluding hydrogens is 360 g/mol. The molecule has 1 aliphatic rings. The van der Waals surface area contributed by atoms with Gasteiger partial charge in [-0.2, -0.15) is 0 Å². The van der Waals surface area contributed by atoms with Crippen molar-refractivity contribution in [1.82, 2.24) is 5.43 Å².